The van der Waals surface area contributed by atoms with Gasteiger partial charge in [-0.15, -0.1) is 11.3 Å². The highest BCUT2D eigenvalue weighted by molar-refractivity contribution is 7.11. The Kier molecular flexibility index (Phi) is 5.91. The second kappa shape index (κ2) is 6.82. The Morgan fingerprint density at radius 2 is 1.75 bits per heavy atom. The maximum atomic E-state index is 12.6. The molecule has 1 heterocycles. The van der Waals surface area contributed by atoms with Crippen molar-refractivity contribution < 1.29 is 26.7 Å². The number of hydrogen-bond acceptors (Lipinski definition) is 3. The summed E-state index contributed by atoms with van der Waals surface area (Å²) in [6, 6.07) is 3.76. The molecule has 0 radical (unpaired) electrons. The minimum Gasteiger partial charge on any atom is -0.369 e. The fraction of sp³-hybridized carbons (Fsp3) is 0.667. The Morgan fingerprint density at radius 3 is 2.30 bits per heavy atom. The highest BCUT2D eigenvalue weighted by Gasteiger charge is 2.57. The van der Waals surface area contributed by atoms with Gasteiger partial charge in [-0.2, -0.15) is 22.0 Å². The number of ether oxygens (including phenoxy) is 1. The summed E-state index contributed by atoms with van der Waals surface area (Å²) in [6.07, 6.45) is -5.57. The van der Waals surface area contributed by atoms with Crippen LogP contribution in [0.5, 0.6) is 0 Å². The molecule has 0 spiro atoms. The lowest BCUT2D eigenvalue weighted by molar-refractivity contribution is -0.297. The predicted molar refractivity (Wildman–Crippen MR) is 67.0 cm³/mol. The molecule has 1 rings (SSSR count). The third kappa shape index (κ3) is 5.34. The van der Waals surface area contributed by atoms with Crippen molar-refractivity contribution in [2.45, 2.75) is 45.1 Å². The quantitative estimate of drug-likeness (QED) is 0.769. The number of halogens is 5. The standard InChI is InChI=1S/C12H16F5NOS/c1-8(2)18-5-9-3-4-10(20-9)6-19-7-11(13,14)12(15,16)17/h3-4,8,18H,5-7H2,1-2H3. The van der Waals surface area contributed by atoms with Gasteiger partial charge in [0, 0.05) is 22.3 Å². The van der Waals surface area contributed by atoms with Crippen LogP contribution in [-0.2, 0) is 17.9 Å². The van der Waals surface area contributed by atoms with Crippen molar-refractivity contribution in [2.75, 3.05) is 6.61 Å². The molecular formula is C12H16F5NOS. The molecule has 0 atom stereocenters. The van der Waals surface area contributed by atoms with E-state index in [1.54, 1.807) is 12.1 Å². The van der Waals surface area contributed by atoms with Crippen LogP contribution in [0.15, 0.2) is 12.1 Å². The van der Waals surface area contributed by atoms with Crippen LogP contribution in [-0.4, -0.2) is 24.7 Å². The first-order valence-electron chi connectivity index (χ1n) is 5.95. The average molecular weight is 317 g/mol. The number of rotatable bonds is 7. The molecule has 0 aliphatic rings. The van der Waals surface area contributed by atoms with E-state index in [2.05, 4.69) is 10.1 Å². The highest BCUT2D eigenvalue weighted by Crippen LogP contribution is 2.35. The van der Waals surface area contributed by atoms with E-state index in [-0.39, 0.29) is 6.61 Å². The van der Waals surface area contributed by atoms with Crippen LogP contribution in [0.1, 0.15) is 23.6 Å². The molecule has 0 aliphatic heterocycles. The van der Waals surface area contributed by atoms with E-state index in [1.165, 1.54) is 11.3 Å². The van der Waals surface area contributed by atoms with E-state index in [1.807, 2.05) is 13.8 Å². The Hall–Kier alpha value is -0.730. The summed E-state index contributed by atoms with van der Waals surface area (Å²) in [5.74, 6) is -4.81. The van der Waals surface area contributed by atoms with Crippen LogP contribution >= 0.6 is 11.3 Å². The fourth-order valence-electron chi connectivity index (χ4n) is 1.26. The largest absolute Gasteiger partial charge is 0.455 e. The van der Waals surface area contributed by atoms with Gasteiger partial charge < -0.3 is 10.1 Å². The zero-order valence-electron chi connectivity index (χ0n) is 11.1. The van der Waals surface area contributed by atoms with Gasteiger partial charge in [-0.05, 0) is 12.1 Å². The average Bonchev–Trinajstić information content (AvgIpc) is 2.72. The summed E-state index contributed by atoms with van der Waals surface area (Å²) in [4.78, 5) is 1.59. The first-order chi connectivity index (χ1) is 9.12. The summed E-state index contributed by atoms with van der Waals surface area (Å²) < 4.78 is 65.4. The van der Waals surface area contributed by atoms with Crippen LogP contribution in [0.3, 0.4) is 0 Å². The molecule has 0 aromatic carbocycles. The van der Waals surface area contributed by atoms with Crippen molar-refractivity contribution in [3.63, 3.8) is 0 Å². The van der Waals surface area contributed by atoms with Crippen molar-refractivity contribution in [2.24, 2.45) is 0 Å². The van der Waals surface area contributed by atoms with Crippen molar-refractivity contribution in [3.8, 4) is 0 Å². The van der Waals surface area contributed by atoms with Crippen molar-refractivity contribution in [1.82, 2.24) is 5.32 Å². The molecule has 0 saturated heterocycles. The molecule has 0 saturated carbocycles. The zero-order valence-corrected chi connectivity index (χ0v) is 11.9. The summed E-state index contributed by atoms with van der Waals surface area (Å²) >= 11 is 1.32. The van der Waals surface area contributed by atoms with Gasteiger partial charge in [-0.1, -0.05) is 13.8 Å². The molecule has 116 valence electrons. The number of hydrogen-bond donors (Lipinski definition) is 1. The number of nitrogens with one attached hydrogen (secondary N) is 1. The van der Waals surface area contributed by atoms with Gasteiger partial charge >= 0.3 is 12.1 Å². The van der Waals surface area contributed by atoms with Crippen LogP contribution in [0.4, 0.5) is 22.0 Å². The van der Waals surface area contributed by atoms with Gasteiger partial charge in [-0.3, -0.25) is 0 Å². The lowest BCUT2D eigenvalue weighted by Gasteiger charge is -2.19. The molecule has 0 aliphatic carbocycles. The maximum Gasteiger partial charge on any atom is 0.455 e. The molecule has 0 bridgehead atoms. The summed E-state index contributed by atoms with van der Waals surface area (Å²) in [6.45, 7) is 2.68. The van der Waals surface area contributed by atoms with Gasteiger partial charge in [-0.25, -0.2) is 0 Å². The predicted octanol–water partition coefficient (Wildman–Crippen LogP) is 3.96. The Labute approximate surface area is 117 Å². The number of alkyl halides is 5. The van der Waals surface area contributed by atoms with Gasteiger partial charge in [0.25, 0.3) is 0 Å². The Balaban J connectivity index is 2.39. The minimum absolute atomic E-state index is 0.252. The third-order valence-corrected chi connectivity index (χ3v) is 3.40. The third-order valence-electron chi connectivity index (χ3n) is 2.34. The number of thiophene rings is 1. The monoisotopic (exact) mass is 317 g/mol. The topological polar surface area (TPSA) is 21.3 Å². The summed E-state index contributed by atoms with van der Waals surface area (Å²) in [7, 11) is 0. The minimum atomic E-state index is -5.57. The molecule has 1 aromatic rings. The van der Waals surface area contributed by atoms with E-state index in [4.69, 9.17) is 0 Å². The van der Waals surface area contributed by atoms with Crippen molar-refractivity contribution >= 4 is 11.3 Å². The fourth-order valence-corrected chi connectivity index (χ4v) is 2.17. The lowest BCUT2D eigenvalue weighted by Crippen LogP contribution is -2.40. The summed E-state index contributed by atoms with van der Waals surface area (Å²) in [5.41, 5.74) is 0. The van der Waals surface area contributed by atoms with Crippen molar-refractivity contribution in [3.05, 3.63) is 21.9 Å². The van der Waals surface area contributed by atoms with Crippen molar-refractivity contribution in [1.29, 1.82) is 0 Å². The van der Waals surface area contributed by atoms with Gasteiger partial charge in [0.05, 0.1) is 6.61 Å². The van der Waals surface area contributed by atoms with Gasteiger partial charge in [0.2, 0.25) is 0 Å². The van der Waals surface area contributed by atoms with E-state index in [0.29, 0.717) is 17.5 Å². The Bertz CT molecular complexity index is 416. The molecule has 0 unspecified atom stereocenters. The van der Waals surface area contributed by atoms with E-state index in [0.717, 1.165) is 4.88 Å². The molecule has 0 fully saturated rings. The molecule has 20 heavy (non-hydrogen) atoms. The normalized spacial score (nSPS) is 13.2. The zero-order chi connectivity index (χ0) is 15.4. The van der Waals surface area contributed by atoms with Crippen LogP contribution in [0, 0.1) is 0 Å². The SMILES string of the molecule is CC(C)NCc1ccc(COCC(F)(F)C(F)(F)F)s1. The lowest BCUT2D eigenvalue weighted by atomic mass is 10.3. The van der Waals surface area contributed by atoms with Crippen LogP contribution in [0.2, 0.25) is 0 Å². The molecule has 1 aromatic heterocycles. The second-order valence-electron chi connectivity index (χ2n) is 4.60. The van der Waals surface area contributed by atoms with Crippen LogP contribution < -0.4 is 5.32 Å². The van der Waals surface area contributed by atoms with E-state index >= 15 is 0 Å². The summed E-state index contributed by atoms with van der Waals surface area (Å²) in [5, 5.41) is 3.18. The first-order valence-corrected chi connectivity index (χ1v) is 6.77. The molecular weight excluding hydrogens is 301 g/mol. The van der Waals surface area contributed by atoms with E-state index in [9.17, 15) is 22.0 Å². The van der Waals surface area contributed by atoms with Gasteiger partial charge in [0.1, 0.15) is 6.61 Å². The van der Waals surface area contributed by atoms with Crippen LogP contribution in [0.25, 0.3) is 0 Å². The van der Waals surface area contributed by atoms with E-state index < -0.39 is 18.7 Å². The van der Waals surface area contributed by atoms with Gasteiger partial charge in [0.15, 0.2) is 0 Å². The first kappa shape index (κ1) is 17.3. The molecule has 2 nitrogen and oxygen atoms in total. The molecule has 0 amide bonds. The second-order valence-corrected chi connectivity index (χ2v) is 5.85. The Morgan fingerprint density at radius 1 is 1.15 bits per heavy atom. The molecule has 8 heteroatoms. The smallest absolute Gasteiger partial charge is 0.369 e. The highest BCUT2D eigenvalue weighted by atomic mass is 32.1. The maximum absolute atomic E-state index is 12.6. The molecule has 1 N–H and O–H groups in total.